The number of aliphatic hydroxyl groups excluding tert-OH is 2. The van der Waals surface area contributed by atoms with Crippen LogP contribution >= 0.6 is 0 Å². The molecule has 5 N–H and O–H groups in total. The van der Waals surface area contributed by atoms with E-state index in [0.717, 1.165) is 0 Å². The summed E-state index contributed by atoms with van der Waals surface area (Å²) in [5, 5.41) is 22.6. The van der Waals surface area contributed by atoms with E-state index in [1.807, 2.05) is 0 Å². The zero-order chi connectivity index (χ0) is 35.2. The lowest BCUT2D eigenvalue weighted by Crippen LogP contribution is -2.48. The fourth-order valence-electron chi connectivity index (χ4n) is 6.51. The third-order valence-corrected chi connectivity index (χ3v) is 9.07. The van der Waals surface area contributed by atoms with Crippen molar-refractivity contribution in [3.63, 3.8) is 0 Å². The average molecular weight is 697 g/mol. The summed E-state index contributed by atoms with van der Waals surface area (Å²) in [5.74, 6) is -2.13. The van der Waals surface area contributed by atoms with E-state index in [9.17, 15) is 27.9 Å². The second-order valence-corrected chi connectivity index (χ2v) is 12.3. The van der Waals surface area contributed by atoms with Crippen LogP contribution in [0.25, 0.3) is 11.0 Å². The van der Waals surface area contributed by atoms with Crippen molar-refractivity contribution in [1.29, 1.82) is 0 Å². The Hall–Kier alpha value is -4.62. The van der Waals surface area contributed by atoms with E-state index >= 15 is 8.78 Å². The fourth-order valence-corrected chi connectivity index (χ4v) is 6.51. The Kier molecular flexibility index (Phi) is 9.10. The van der Waals surface area contributed by atoms with Gasteiger partial charge in [0.15, 0.2) is 35.6 Å². The molecule has 2 atom stereocenters. The molecule has 0 bridgehead atoms. The third kappa shape index (κ3) is 6.69. The number of carbonyl (C=O) groups excluding carboxylic acids is 2. The summed E-state index contributed by atoms with van der Waals surface area (Å²) in [6.45, 7) is 4.16. The number of halogens is 5. The molecular formula is C30H33F5N8O6. The molecule has 2 fully saturated rings. The van der Waals surface area contributed by atoms with Gasteiger partial charge in [-0.25, -0.2) is 28.5 Å². The number of amides is 2. The zero-order valence-corrected chi connectivity index (χ0v) is 26.2. The molecule has 2 unspecified atom stereocenters. The summed E-state index contributed by atoms with van der Waals surface area (Å²) in [4.78, 5) is 43.8. The third-order valence-electron chi connectivity index (χ3n) is 9.07. The van der Waals surface area contributed by atoms with Gasteiger partial charge in [0.2, 0.25) is 0 Å². The molecule has 19 heteroatoms. The fraction of sp³-hybridized carbons (Fsp3) is 0.500. The lowest BCUT2D eigenvalue weighted by atomic mass is 9.90. The topological polar surface area (TPSA) is 178 Å². The molecule has 4 aliphatic rings. The van der Waals surface area contributed by atoms with Crippen molar-refractivity contribution in [2.75, 3.05) is 56.7 Å². The van der Waals surface area contributed by atoms with Crippen molar-refractivity contribution in [2.45, 2.75) is 43.5 Å². The highest BCUT2D eigenvalue weighted by molar-refractivity contribution is 5.95. The Morgan fingerprint density at radius 3 is 2.49 bits per heavy atom. The number of nitrogens with zero attached hydrogens (tertiary/aromatic N) is 5. The van der Waals surface area contributed by atoms with Crippen LogP contribution in [0.1, 0.15) is 35.8 Å². The first-order valence-electron chi connectivity index (χ1n) is 15.4. The molecule has 2 aromatic heterocycles. The molecule has 0 radical (unpaired) electrons. The first kappa shape index (κ1) is 34.3. The van der Waals surface area contributed by atoms with Crippen molar-refractivity contribution < 1.29 is 51.2 Å². The van der Waals surface area contributed by atoms with E-state index in [1.165, 1.54) is 11.1 Å². The summed E-state index contributed by atoms with van der Waals surface area (Å²) < 4.78 is 74.5. The maximum absolute atomic E-state index is 15.5. The van der Waals surface area contributed by atoms with Crippen molar-refractivity contribution in [2.24, 2.45) is 5.92 Å². The van der Waals surface area contributed by atoms with Crippen LogP contribution in [0.3, 0.4) is 0 Å². The van der Waals surface area contributed by atoms with Gasteiger partial charge in [-0.3, -0.25) is 9.69 Å². The first-order valence-corrected chi connectivity index (χ1v) is 15.4. The van der Waals surface area contributed by atoms with Crippen LogP contribution in [0.15, 0.2) is 18.5 Å². The summed E-state index contributed by atoms with van der Waals surface area (Å²) in [7, 11) is 1.64. The molecule has 2 amide bonds. The molecular weight excluding hydrogens is 663 g/mol. The lowest BCUT2D eigenvalue weighted by molar-refractivity contribution is -0.120. The number of hydrogen-bond acceptors (Lipinski definition) is 11. The summed E-state index contributed by atoms with van der Waals surface area (Å²) in [6, 6.07) is -0.546. The van der Waals surface area contributed by atoms with Gasteiger partial charge in [0.1, 0.15) is 22.5 Å². The smallest absolute Gasteiger partial charge is 0.448 e. The van der Waals surface area contributed by atoms with Crippen molar-refractivity contribution in [3.8, 4) is 5.88 Å². The van der Waals surface area contributed by atoms with Crippen LogP contribution in [0, 0.1) is 17.6 Å². The first-order chi connectivity index (χ1) is 23.2. The normalized spacial score (nSPS) is 19.5. The van der Waals surface area contributed by atoms with Gasteiger partial charge in [0, 0.05) is 32.5 Å². The number of likely N-dealkylation sites (N-methyl/N-ethyl adjacent to an activating group) is 1. The van der Waals surface area contributed by atoms with Crippen molar-refractivity contribution >= 4 is 34.7 Å². The van der Waals surface area contributed by atoms with E-state index in [-0.39, 0.29) is 53.6 Å². The van der Waals surface area contributed by atoms with E-state index < -0.39 is 41.3 Å². The van der Waals surface area contributed by atoms with E-state index in [1.54, 1.807) is 7.05 Å². The molecule has 14 nitrogen and oxygen atoms in total. The van der Waals surface area contributed by atoms with Crippen LogP contribution in [0.4, 0.5) is 38.4 Å². The molecule has 3 aliphatic heterocycles. The van der Waals surface area contributed by atoms with E-state index in [4.69, 9.17) is 14.6 Å². The van der Waals surface area contributed by atoms with Crippen LogP contribution in [0.5, 0.6) is 5.88 Å². The monoisotopic (exact) mass is 696 g/mol. The van der Waals surface area contributed by atoms with Crippen LogP contribution in [-0.4, -0.2) is 105 Å². The second-order valence-electron chi connectivity index (χ2n) is 12.3. The van der Waals surface area contributed by atoms with Crippen LogP contribution in [-0.2, 0) is 22.4 Å². The molecule has 5 heterocycles. The molecule has 0 saturated carbocycles. The predicted molar refractivity (Wildman–Crippen MR) is 162 cm³/mol. The lowest BCUT2D eigenvalue weighted by Gasteiger charge is -2.38. The number of imidazole rings is 1. The van der Waals surface area contributed by atoms with Gasteiger partial charge in [-0.1, -0.05) is 6.58 Å². The number of likely N-dealkylation sites (tertiary alicyclic amines) is 1. The Bertz CT molecular complexity index is 1740. The highest BCUT2D eigenvalue weighted by Crippen LogP contribution is 2.39. The van der Waals surface area contributed by atoms with Crippen LogP contribution in [0.2, 0.25) is 0 Å². The van der Waals surface area contributed by atoms with Gasteiger partial charge in [-0.15, -0.1) is 0 Å². The highest BCUT2D eigenvalue weighted by atomic mass is 19.4. The van der Waals surface area contributed by atoms with Gasteiger partial charge >= 0.3 is 12.3 Å². The number of carbonyl (C=O) groups is 2. The van der Waals surface area contributed by atoms with Crippen LogP contribution < -0.4 is 20.3 Å². The summed E-state index contributed by atoms with van der Waals surface area (Å²) in [5.41, 5.74) is 0.0636. The van der Waals surface area contributed by atoms with E-state index in [2.05, 4.69) is 42.0 Å². The Morgan fingerprint density at radius 1 is 1.18 bits per heavy atom. The maximum Gasteiger partial charge on any atom is 0.448 e. The molecule has 2 saturated heterocycles. The minimum atomic E-state index is -4.64. The minimum absolute atomic E-state index is 0.0293. The number of alkyl halides is 3. The number of H-pyrrole nitrogens is 1. The maximum atomic E-state index is 15.5. The second kappa shape index (κ2) is 13.0. The highest BCUT2D eigenvalue weighted by Gasteiger charge is 2.48. The molecule has 1 aromatic carbocycles. The van der Waals surface area contributed by atoms with Gasteiger partial charge in [-0.05, 0) is 36.9 Å². The Balaban J connectivity index is 0.000000540. The van der Waals surface area contributed by atoms with Gasteiger partial charge < -0.3 is 40.2 Å². The standard InChI is InChI=1S/C27H30F2N8O5.C3H3F3O/c1-30-16(10-38)23-34-21-19(28)14-6-13(7-15(14)20(29)22(21)35-23)9-36-4-2-27(3-5-36)12-37(26(40)42-27)17-8-31-25-24(32-17)33-18(39)11-41-25;1-2(7)3(4,5)6/h8,13,16,30,38H,2-7,9-12H2,1H3,(H,34,35)(H,32,33,39);7H,1H2. The molecule has 3 aromatic rings. The summed E-state index contributed by atoms with van der Waals surface area (Å²) in [6.07, 6.45) is -1.71. The predicted octanol–water partition coefficient (Wildman–Crippen LogP) is 3.04. The number of piperidine rings is 1. The number of benzene rings is 1. The minimum Gasteiger partial charge on any atom is -0.505 e. The number of aromatic amines is 1. The number of aromatic nitrogens is 4. The average Bonchev–Trinajstić information content (AvgIpc) is 3.77. The molecule has 264 valence electrons. The van der Waals surface area contributed by atoms with Gasteiger partial charge in [-0.2, -0.15) is 13.2 Å². The quantitative estimate of drug-likeness (QED) is 0.189. The van der Waals surface area contributed by atoms with Gasteiger partial charge in [0.25, 0.3) is 11.8 Å². The number of allylic oxidation sites excluding steroid dienone is 1. The Labute approximate surface area is 275 Å². The van der Waals surface area contributed by atoms with Crippen molar-refractivity contribution in [3.05, 3.63) is 47.1 Å². The summed E-state index contributed by atoms with van der Waals surface area (Å²) >= 11 is 0. The SMILES string of the molecule is C=C(O)C(F)(F)F.CNC(CO)c1nc2c(F)c3c(c(F)c2[nH]1)CC(CN1CCC2(CC1)CN(c1cnc4c(n1)NC(=O)CO4)C(=O)O2)C3. The number of rotatable bonds is 6. The van der Waals surface area contributed by atoms with Gasteiger partial charge in [0.05, 0.1) is 25.4 Å². The largest absolute Gasteiger partial charge is 0.505 e. The number of fused-ring (bicyclic) bond motifs is 3. The molecule has 1 aliphatic carbocycles. The number of hydrogen-bond donors (Lipinski definition) is 5. The number of anilines is 2. The molecule has 49 heavy (non-hydrogen) atoms. The number of nitrogens with one attached hydrogen (secondary N) is 3. The number of ether oxygens (including phenoxy) is 2. The molecule has 1 spiro atoms. The number of aliphatic hydroxyl groups is 2. The zero-order valence-electron chi connectivity index (χ0n) is 26.2. The Morgan fingerprint density at radius 2 is 1.86 bits per heavy atom. The van der Waals surface area contributed by atoms with E-state index in [0.29, 0.717) is 68.8 Å². The van der Waals surface area contributed by atoms with Crippen molar-refractivity contribution in [1.82, 2.24) is 30.2 Å². The molecule has 7 rings (SSSR count).